The minimum absolute atomic E-state index is 0.00694. The molecule has 4 rings (SSSR count). The van der Waals surface area contributed by atoms with Gasteiger partial charge in [0.15, 0.2) is 18.2 Å². The van der Waals surface area contributed by atoms with Crippen LogP contribution in [0.3, 0.4) is 0 Å². The van der Waals surface area contributed by atoms with Gasteiger partial charge in [0.2, 0.25) is 5.95 Å². The van der Waals surface area contributed by atoms with E-state index in [2.05, 4.69) is 20.5 Å². The number of benzene rings is 2. The lowest BCUT2D eigenvalue weighted by molar-refractivity contribution is 0.101. The SMILES string of the molecule is O=C(Nc1ncn(Cc2c(F)cccc2Cl)n1)c1ccn(COc2c(Cl)cccc2Cl)n1. The molecule has 2 aromatic carbocycles. The Hall–Kier alpha value is -3.14. The van der Waals surface area contributed by atoms with E-state index in [4.69, 9.17) is 39.5 Å². The summed E-state index contributed by atoms with van der Waals surface area (Å²) in [6.07, 6.45) is 2.92. The maximum Gasteiger partial charge on any atom is 0.278 e. The Bertz CT molecular complexity index is 1240. The second kappa shape index (κ2) is 9.56. The number of nitrogens with one attached hydrogen (secondary N) is 1. The summed E-state index contributed by atoms with van der Waals surface area (Å²) in [5.74, 6) is -0.622. The van der Waals surface area contributed by atoms with E-state index in [0.29, 0.717) is 15.8 Å². The van der Waals surface area contributed by atoms with E-state index in [1.165, 1.54) is 33.9 Å². The van der Waals surface area contributed by atoms with Crippen molar-refractivity contribution >= 4 is 46.7 Å². The lowest BCUT2D eigenvalue weighted by Gasteiger charge is -2.09. The number of hydrogen-bond acceptors (Lipinski definition) is 5. The molecule has 0 atom stereocenters. The molecule has 0 aliphatic heterocycles. The van der Waals surface area contributed by atoms with Gasteiger partial charge in [0.05, 0.1) is 16.6 Å². The van der Waals surface area contributed by atoms with Crippen LogP contribution in [-0.4, -0.2) is 30.5 Å². The fourth-order valence-electron chi connectivity index (χ4n) is 2.74. The molecule has 0 saturated carbocycles. The van der Waals surface area contributed by atoms with Crippen molar-refractivity contribution in [1.29, 1.82) is 0 Å². The Labute approximate surface area is 196 Å². The highest BCUT2D eigenvalue weighted by Crippen LogP contribution is 2.32. The molecule has 1 N–H and O–H groups in total. The molecule has 0 spiro atoms. The third-order valence-electron chi connectivity index (χ3n) is 4.28. The van der Waals surface area contributed by atoms with E-state index >= 15 is 0 Å². The van der Waals surface area contributed by atoms with Crippen LogP contribution < -0.4 is 10.1 Å². The van der Waals surface area contributed by atoms with Crippen LogP contribution >= 0.6 is 34.8 Å². The van der Waals surface area contributed by atoms with Gasteiger partial charge in [-0.25, -0.2) is 18.7 Å². The summed E-state index contributed by atoms with van der Waals surface area (Å²) in [6, 6.07) is 10.9. The van der Waals surface area contributed by atoms with Crippen LogP contribution in [0.4, 0.5) is 10.3 Å². The van der Waals surface area contributed by atoms with Gasteiger partial charge < -0.3 is 4.74 Å². The van der Waals surface area contributed by atoms with Crippen molar-refractivity contribution in [3.63, 3.8) is 0 Å². The van der Waals surface area contributed by atoms with E-state index in [9.17, 15) is 9.18 Å². The number of rotatable bonds is 7. The van der Waals surface area contributed by atoms with Crippen LogP contribution in [0.5, 0.6) is 5.75 Å². The predicted molar refractivity (Wildman–Crippen MR) is 118 cm³/mol. The minimum Gasteiger partial charge on any atom is -0.468 e. The third kappa shape index (κ3) is 5.01. The molecule has 4 aromatic rings. The monoisotopic (exact) mass is 494 g/mol. The zero-order valence-corrected chi connectivity index (χ0v) is 18.4. The quantitative estimate of drug-likeness (QED) is 0.394. The Balaban J connectivity index is 1.37. The van der Waals surface area contributed by atoms with E-state index in [0.717, 1.165) is 0 Å². The molecule has 2 aromatic heterocycles. The first kappa shape index (κ1) is 22.1. The number of ether oxygens (including phenoxy) is 1. The number of aromatic nitrogens is 5. The molecule has 0 unspecified atom stereocenters. The van der Waals surface area contributed by atoms with Crippen LogP contribution in [0.1, 0.15) is 16.1 Å². The zero-order valence-electron chi connectivity index (χ0n) is 16.2. The van der Waals surface area contributed by atoms with Gasteiger partial charge in [-0.3, -0.25) is 10.1 Å². The van der Waals surface area contributed by atoms with Gasteiger partial charge in [-0.1, -0.05) is 46.9 Å². The molecule has 0 aliphatic rings. The van der Waals surface area contributed by atoms with Gasteiger partial charge >= 0.3 is 0 Å². The second-order valence-corrected chi connectivity index (χ2v) is 7.71. The van der Waals surface area contributed by atoms with Crippen molar-refractivity contribution in [2.24, 2.45) is 0 Å². The van der Waals surface area contributed by atoms with Gasteiger partial charge in [-0.2, -0.15) is 5.10 Å². The smallest absolute Gasteiger partial charge is 0.278 e. The lowest BCUT2D eigenvalue weighted by Crippen LogP contribution is -2.15. The molecule has 164 valence electrons. The molecular weight excluding hydrogens is 482 g/mol. The van der Waals surface area contributed by atoms with E-state index < -0.39 is 11.7 Å². The Morgan fingerprint density at radius 1 is 1.00 bits per heavy atom. The number of amides is 1. The standard InChI is InChI=1S/C20H14Cl3FN6O2/c21-13-3-2-6-16(24)12(13)9-30-10-25-20(28-30)26-19(31)17-7-8-29(27-17)11-32-18-14(22)4-1-5-15(18)23/h1-8,10H,9,11H2,(H,26,28,31). The molecule has 0 bridgehead atoms. The van der Waals surface area contributed by atoms with Crippen LogP contribution in [0.25, 0.3) is 0 Å². The zero-order chi connectivity index (χ0) is 22.7. The molecule has 1 amide bonds. The average Bonchev–Trinajstić information content (AvgIpc) is 3.40. The van der Waals surface area contributed by atoms with Gasteiger partial charge in [0.1, 0.15) is 12.1 Å². The number of para-hydroxylation sites is 1. The summed E-state index contributed by atoms with van der Waals surface area (Å²) in [5.41, 5.74) is 0.390. The summed E-state index contributed by atoms with van der Waals surface area (Å²) in [4.78, 5) is 16.5. The first-order valence-electron chi connectivity index (χ1n) is 9.14. The van der Waals surface area contributed by atoms with E-state index in [1.807, 2.05) is 0 Å². The Morgan fingerprint density at radius 3 is 2.47 bits per heavy atom. The highest BCUT2D eigenvalue weighted by molar-refractivity contribution is 6.37. The number of carbonyl (C=O) groups excluding carboxylic acids is 1. The van der Waals surface area contributed by atoms with Crippen molar-refractivity contribution < 1.29 is 13.9 Å². The summed E-state index contributed by atoms with van der Waals surface area (Å²) >= 11 is 18.2. The number of anilines is 1. The molecule has 0 aliphatic carbocycles. The fraction of sp³-hybridized carbons (Fsp3) is 0.100. The molecule has 8 nitrogen and oxygen atoms in total. The van der Waals surface area contributed by atoms with Crippen molar-refractivity contribution in [3.8, 4) is 5.75 Å². The Morgan fingerprint density at radius 2 is 1.72 bits per heavy atom. The normalized spacial score (nSPS) is 10.9. The fourth-order valence-corrected chi connectivity index (χ4v) is 3.47. The van der Waals surface area contributed by atoms with E-state index in [-0.39, 0.29) is 35.5 Å². The van der Waals surface area contributed by atoms with Crippen LogP contribution in [0, 0.1) is 5.82 Å². The molecule has 0 fully saturated rings. The molecule has 2 heterocycles. The van der Waals surface area contributed by atoms with Crippen LogP contribution in [0.15, 0.2) is 55.0 Å². The summed E-state index contributed by atoms with van der Waals surface area (Å²) in [6.45, 7) is 0.0535. The van der Waals surface area contributed by atoms with Crippen LogP contribution in [0.2, 0.25) is 15.1 Å². The van der Waals surface area contributed by atoms with Gasteiger partial charge in [0, 0.05) is 16.8 Å². The largest absolute Gasteiger partial charge is 0.468 e. The first-order chi connectivity index (χ1) is 15.4. The van der Waals surface area contributed by atoms with Gasteiger partial charge in [0.25, 0.3) is 5.91 Å². The summed E-state index contributed by atoms with van der Waals surface area (Å²) in [5, 5.41) is 11.8. The number of halogens is 4. The summed E-state index contributed by atoms with van der Waals surface area (Å²) < 4.78 is 22.3. The highest BCUT2D eigenvalue weighted by Gasteiger charge is 2.14. The number of hydrogen-bond donors (Lipinski definition) is 1. The first-order valence-corrected chi connectivity index (χ1v) is 10.3. The van der Waals surface area contributed by atoms with E-state index in [1.54, 1.807) is 30.5 Å². The molecular formula is C20H14Cl3FN6O2. The molecule has 12 heteroatoms. The molecule has 0 radical (unpaired) electrons. The van der Waals surface area contributed by atoms with Crippen LogP contribution in [-0.2, 0) is 13.3 Å². The average molecular weight is 496 g/mol. The minimum atomic E-state index is -0.527. The third-order valence-corrected chi connectivity index (χ3v) is 5.23. The Kier molecular flexibility index (Phi) is 6.59. The molecule has 32 heavy (non-hydrogen) atoms. The van der Waals surface area contributed by atoms with Gasteiger partial charge in [-0.05, 0) is 30.3 Å². The van der Waals surface area contributed by atoms with Gasteiger partial charge in [-0.15, -0.1) is 5.10 Å². The second-order valence-electron chi connectivity index (χ2n) is 6.48. The van der Waals surface area contributed by atoms with Crippen molar-refractivity contribution in [1.82, 2.24) is 24.5 Å². The maximum absolute atomic E-state index is 13.9. The number of nitrogens with zero attached hydrogens (tertiary/aromatic N) is 5. The lowest BCUT2D eigenvalue weighted by atomic mass is 10.2. The topological polar surface area (TPSA) is 86.9 Å². The van der Waals surface area contributed by atoms with Crippen molar-refractivity contribution in [2.75, 3.05) is 5.32 Å². The maximum atomic E-state index is 13.9. The summed E-state index contributed by atoms with van der Waals surface area (Å²) in [7, 11) is 0. The highest BCUT2D eigenvalue weighted by atomic mass is 35.5. The van der Waals surface area contributed by atoms with Crippen molar-refractivity contribution in [3.05, 3.63) is 87.1 Å². The molecule has 0 saturated heterocycles. The number of carbonyl (C=O) groups is 1. The van der Waals surface area contributed by atoms with Crippen molar-refractivity contribution in [2.45, 2.75) is 13.3 Å². The predicted octanol–water partition coefficient (Wildman–Crippen LogP) is 4.91.